The average Bonchev–Trinajstić information content (AvgIpc) is 3.33. The van der Waals surface area contributed by atoms with Crippen molar-refractivity contribution in [2.24, 2.45) is 0 Å². The Bertz CT molecular complexity index is 985. The predicted octanol–water partition coefficient (Wildman–Crippen LogP) is 4.16. The van der Waals surface area contributed by atoms with Crippen molar-refractivity contribution in [3.63, 3.8) is 0 Å². The molecule has 2 saturated heterocycles. The highest BCUT2D eigenvalue weighted by molar-refractivity contribution is 7.18. The van der Waals surface area contributed by atoms with Gasteiger partial charge in [0.1, 0.15) is 5.82 Å². The summed E-state index contributed by atoms with van der Waals surface area (Å²) in [4.78, 5) is 30.9. The van der Waals surface area contributed by atoms with Gasteiger partial charge >= 0.3 is 0 Å². The summed E-state index contributed by atoms with van der Waals surface area (Å²) in [5.74, 6) is -0.824. The third kappa shape index (κ3) is 5.19. The summed E-state index contributed by atoms with van der Waals surface area (Å²) in [5, 5.41) is 3.39. The minimum absolute atomic E-state index is 0.0237. The fraction of sp³-hybridized carbons (Fsp3) is 0.500. The molecule has 2 fully saturated rings. The lowest BCUT2D eigenvalue weighted by atomic mass is 10.1. The van der Waals surface area contributed by atoms with E-state index in [2.05, 4.69) is 24.1 Å². The molecular formula is C24H30FN3O3S. The maximum absolute atomic E-state index is 13.4. The number of aryl methyl sites for hydroxylation is 1. The van der Waals surface area contributed by atoms with Crippen molar-refractivity contribution in [1.82, 2.24) is 9.80 Å². The van der Waals surface area contributed by atoms with Gasteiger partial charge in [0.2, 0.25) is 0 Å². The van der Waals surface area contributed by atoms with Crippen molar-refractivity contribution in [3.8, 4) is 0 Å². The predicted molar refractivity (Wildman–Crippen MR) is 124 cm³/mol. The van der Waals surface area contributed by atoms with Crippen molar-refractivity contribution >= 4 is 28.2 Å². The highest BCUT2D eigenvalue weighted by Crippen LogP contribution is 2.31. The lowest BCUT2D eigenvalue weighted by Gasteiger charge is -2.38. The summed E-state index contributed by atoms with van der Waals surface area (Å²) in [6, 6.07) is 7.56. The number of hydrogen-bond donors (Lipinski definition) is 1. The molecule has 4 rings (SSSR count). The molecule has 2 amide bonds. The molecular weight excluding hydrogens is 429 g/mol. The van der Waals surface area contributed by atoms with Crippen LogP contribution in [-0.4, -0.2) is 66.0 Å². The van der Waals surface area contributed by atoms with Crippen LogP contribution in [0.3, 0.4) is 0 Å². The summed E-state index contributed by atoms with van der Waals surface area (Å²) in [5.41, 5.74) is 1.09. The fourth-order valence-electron chi connectivity index (χ4n) is 4.72. The molecule has 0 bridgehead atoms. The first kappa shape index (κ1) is 22.9. The van der Waals surface area contributed by atoms with Gasteiger partial charge in [-0.3, -0.25) is 14.5 Å². The molecule has 3 unspecified atom stereocenters. The zero-order valence-corrected chi connectivity index (χ0v) is 19.6. The number of thiophene rings is 1. The van der Waals surface area contributed by atoms with Gasteiger partial charge in [0.05, 0.1) is 22.1 Å². The van der Waals surface area contributed by atoms with Gasteiger partial charge in [-0.2, -0.15) is 0 Å². The van der Waals surface area contributed by atoms with Crippen LogP contribution in [0.25, 0.3) is 0 Å². The number of rotatable bonds is 5. The van der Waals surface area contributed by atoms with Gasteiger partial charge in [0.25, 0.3) is 11.8 Å². The van der Waals surface area contributed by atoms with E-state index in [-0.39, 0.29) is 35.6 Å². The number of morpholine rings is 1. The molecule has 0 spiro atoms. The first-order chi connectivity index (χ1) is 15.3. The van der Waals surface area contributed by atoms with Crippen molar-refractivity contribution < 1.29 is 18.7 Å². The summed E-state index contributed by atoms with van der Waals surface area (Å²) < 4.78 is 19.3. The number of benzene rings is 1. The van der Waals surface area contributed by atoms with Crippen LogP contribution in [0.2, 0.25) is 0 Å². The molecule has 32 heavy (non-hydrogen) atoms. The van der Waals surface area contributed by atoms with Gasteiger partial charge in [-0.15, -0.1) is 11.3 Å². The Morgan fingerprint density at radius 2 is 1.97 bits per heavy atom. The van der Waals surface area contributed by atoms with Gasteiger partial charge in [0, 0.05) is 37.8 Å². The fourth-order valence-corrected chi connectivity index (χ4v) is 5.75. The number of anilines is 1. The number of amides is 2. The third-order valence-electron chi connectivity index (χ3n) is 6.04. The molecule has 3 heterocycles. The molecule has 0 aliphatic carbocycles. The summed E-state index contributed by atoms with van der Waals surface area (Å²) >= 11 is 1.28. The third-order valence-corrected chi connectivity index (χ3v) is 7.18. The summed E-state index contributed by atoms with van der Waals surface area (Å²) in [7, 11) is 0. The number of carbonyl (C=O) groups excluding carboxylic acids is 2. The van der Waals surface area contributed by atoms with Crippen LogP contribution < -0.4 is 5.32 Å². The Balaban J connectivity index is 1.43. The SMILES string of the molecule is Cc1cc(NC(=O)c2cccc(F)c2)sc1C(=O)N1CCCC1CN1CC(C)OC(C)C1. The number of nitrogens with one attached hydrogen (secondary N) is 1. The van der Waals surface area contributed by atoms with E-state index in [1.54, 1.807) is 6.07 Å². The van der Waals surface area contributed by atoms with E-state index < -0.39 is 5.82 Å². The maximum atomic E-state index is 13.4. The van der Waals surface area contributed by atoms with E-state index in [1.165, 1.54) is 29.5 Å². The van der Waals surface area contributed by atoms with Crippen LogP contribution in [-0.2, 0) is 4.74 Å². The number of ether oxygens (including phenoxy) is 1. The monoisotopic (exact) mass is 459 g/mol. The quantitative estimate of drug-likeness (QED) is 0.729. The number of hydrogen-bond acceptors (Lipinski definition) is 5. The largest absolute Gasteiger partial charge is 0.373 e. The molecule has 1 aromatic heterocycles. The smallest absolute Gasteiger partial charge is 0.264 e. The molecule has 0 radical (unpaired) electrons. The molecule has 1 aromatic carbocycles. The van der Waals surface area contributed by atoms with E-state index in [0.29, 0.717) is 9.88 Å². The molecule has 3 atom stereocenters. The van der Waals surface area contributed by atoms with E-state index in [9.17, 15) is 14.0 Å². The van der Waals surface area contributed by atoms with Crippen LogP contribution in [0.15, 0.2) is 30.3 Å². The van der Waals surface area contributed by atoms with Gasteiger partial charge < -0.3 is 15.0 Å². The van der Waals surface area contributed by atoms with Crippen LogP contribution in [0.5, 0.6) is 0 Å². The van der Waals surface area contributed by atoms with Crippen molar-refractivity contribution in [2.75, 3.05) is 31.5 Å². The lowest BCUT2D eigenvalue weighted by Crippen LogP contribution is -2.50. The standard InChI is InChI=1S/C24H30FN3O3S/c1-15-10-21(26-23(29)18-6-4-7-19(25)11-18)32-22(15)24(30)28-9-5-8-20(28)14-27-12-16(2)31-17(3)13-27/h4,6-7,10-11,16-17,20H,5,8-9,12-14H2,1-3H3,(H,26,29). The van der Waals surface area contributed by atoms with Crippen LogP contribution >= 0.6 is 11.3 Å². The lowest BCUT2D eigenvalue weighted by molar-refractivity contribution is -0.0715. The Morgan fingerprint density at radius 1 is 1.22 bits per heavy atom. The molecule has 2 aliphatic rings. The first-order valence-corrected chi connectivity index (χ1v) is 12.0. The van der Waals surface area contributed by atoms with Crippen molar-refractivity contribution in [2.45, 2.75) is 51.9 Å². The summed E-state index contributed by atoms with van der Waals surface area (Å²) in [6.45, 7) is 9.45. The second-order valence-electron chi connectivity index (χ2n) is 8.86. The number of carbonyl (C=O) groups is 2. The molecule has 6 nitrogen and oxygen atoms in total. The molecule has 0 saturated carbocycles. The van der Waals surface area contributed by atoms with Crippen molar-refractivity contribution in [1.29, 1.82) is 0 Å². The van der Waals surface area contributed by atoms with Crippen LogP contribution in [0, 0.1) is 12.7 Å². The minimum atomic E-state index is -0.458. The van der Waals surface area contributed by atoms with Gasteiger partial charge in [-0.1, -0.05) is 6.07 Å². The second kappa shape index (κ2) is 9.68. The highest BCUT2D eigenvalue weighted by atomic mass is 32.1. The molecule has 1 N–H and O–H groups in total. The minimum Gasteiger partial charge on any atom is -0.373 e. The maximum Gasteiger partial charge on any atom is 0.264 e. The molecule has 8 heteroatoms. The zero-order valence-electron chi connectivity index (χ0n) is 18.8. The Kier molecular flexibility index (Phi) is 6.93. The highest BCUT2D eigenvalue weighted by Gasteiger charge is 2.34. The topological polar surface area (TPSA) is 61.9 Å². The second-order valence-corrected chi connectivity index (χ2v) is 9.91. The van der Waals surface area contributed by atoms with Crippen LogP contribution in [0.4, 0.5) is 9.39 Å². The molecule has 2 aromatic rings. The Hall–Kier alpha value is -2.29. The zero-order chi connectivity index (χ0) is 22.8. The van der Waals surface area contributed by atoms with E-state index in [4.69, 9.17) is 4.74 Å². The van der Waals surface area contributed by atoms with Gasteiger partial charge in [-0.25, -0.2) is 4.39 Å². The van der Waals surface area contributed by atoms with E-state index >= 15 is 0 Å². The number of likely N-dealkylation sites (tertiary alicyclic amines) is 1. The normalized spacial score (nSPS) is 24.0. The Morgan fingerprint density at radius 3 is 2.69 bits per heavy atom. The van der Waals surface area contributed by atoms with Gasteiger partial charge in [-0.05, 0) is 63.4 Å². The average molecular weight is 460 g/mol. The van der Waals surface area contributed by atoms with Crippen molar-refractivity contribution in [3.05, 3.63) is 52.2 Å². The van der Waals surface area contributed by atoms with E-state index in [0.717, 1.165) is 44.6 Å². The number of nitrogens with zero attached hydrogens (tertiary/aromatic N) is 2. The van der Waals surface area contributed by atoms with Crippen LogP contribution in [0.1, 0.15) is 52.3 Å². The van der Waals surface area contributed by atoms with E-state index in [1.807, 2.05) is 17.9 Å². The molecule has 2 aliphatic heterocycles. The summed E-state index contributed by atoms with van der Waals surface area (Å²) in [6.07, 6.45) is 2.40. The molecule has 172 valence electrons. The first-order valence-electron chi connectivity index (χ1n) is 11.2. The van der Waals surface area contributed by atoms with Gasteiger partial charge in [0.15, 0.2) is 0 Å². The Labute approximate surface area is 192 Å². The number of halogens is 1.